The average molecular weight is 453 g/mol. The van der Waals surface area contributed by atoms with E-state index in [0.29, 0.717) is 6.42 Å². The number of benzene rings is 2. The monoisotopic (exact) mass is 451 g/mol. The molecule has 1 fully saturated rings. The molecule has 0 aliphatic carbocycles. The summed E-state index contributed by atoms with van der Waals surface area (Å²) in [5, 5.41) is 9.68. The number of halogens is 2. The second-order valence-corrected chi connectivity index (χ2v) is 7.92. The summed E-state index contributed by atoms with van der Waals surface area (Å²) in [6, 6.07) is 15.9. The summed E-state index contributed by atoms with van der Waals surface area (Å²) in [5.41, 5.74) is 2.24. The van der Waals surface area contributed by atoms with Crippen molar-refractivity contribution < 1.29 is 9.90 Å². The predicted octanol–water partition coefficient (Wildman–Crippen LogP) is 5.24. The molecular formula is C19H19Br2NO2. The summed E-state index contributed by atoms with van der Waals surface area (Å²) in [6.07, 6.45) is 2.72. The molecule has 1 N–H and O–H groups in total. The molecule has 1 saturated heterocycles. The highest BCUT2D eigenvalue weighted by Crippen LogP contribution is 2.35. The maximum atomic E-state index is 11.8. The van der Waals surface area contributed by atoms with Gasteiger partial charge in [0.1, 0.15) is 6.04 Å². The number of aliphatic carboxylic acids is 1. The first-order valence-electron chi connectivity index (χ1n) is 8.06. The van der Waals surface area contributed by atoms with Crippen molar-refractivity contribution in [1.29, 1.82) is 0 Å². The topological polar surface area (TPSA) is 40.5 Å². The molecule has 1 atom stereocenters. The first kappa shape index (κ1) is 17.6. The molecule has 0 bridgehead atoms. The minimum atomic E-state index is -0.728. The fourth-order valence-electron chi connectivity index (χ4n) is 3.39. The van der Waals surface area contributed by atoms with Crippen molar-refractivity contribution in [2.45, 2.75) is 31.3 Å². The van der Waals surface area contributed by atoms with E-state index >= 15 is 0 Å². The molecule has 1 heterocycles. The number of nitrogens with zero attached hydrogens (tertiary/aromatic N) is 1. The van der Waals surface area contributed by atoms with Crippen molar-refractivity contribution in [3.8, 4) is 0 Å². The Labute approximate surface area is 158 Å². The third-order valence-corrected chi connectivity index (χ3v) is 5.59. The normalized spacial score (nSPS) is 18.7. The zero-order chi connectivity index (χ0) is 17.1. The van der Waals surface area contributed by atoms with Crippen LogP contribution in [0.5, 0.6) is 0 Å². The quantitative estimate of drug-likeness (QED) is 0.689. The van der Waals surface area contributed by atoms with Crippen molar-refractivity contribution in [3.63, 3.8) is 0 Å². The number of carboxylic acid groups (broad SMARTS) is 1. The van der Waals surface area contributed by atoms with E-state index in [-0.39, 0.29) is 6.04 Å². The van der Waals surface area contributed by atoms with Gasteiger partial charge in [-0.3, -0.25) is 9.69 Å². The molecule has 5 heteroatoms. The Kier molecular flexibility index (Phi) is 5.74. The van der Waals surface area contributed by atoms with Crippen molar-refractivity contribution in [2.24, 2.45) is 0 Å². The molecule has 126 valence electrons. The highest BCUT2D eigenvalue weighted by molar-refractivity contribution is 9.10. The van der Waals surface area contributed by atoms with Gasteiger partial charge < -0.3 is 5.11 Å². The zero-order valence-electron chi connectivity index (χ0n) is 13.2. The molecule has 0 saturated carbocycles. The van der Waals surface area contributed by atoms with E-state index in [0.717, 1.165) is 39.5 Å². The molecule has 0 amide bonds. The lowest BCUT2D eigenvalue weighted by Gasteiger charge is -2.39. The number of hydrogen-bond acceptors (Lipinski definition) is 2. The fourth-order valence-corrected chi connectivity index (χ4v) is 3.92. The molecule has 2 aromatic rings. The van der Waals surface area contributed by atoms with Gasteiger partial charge in [-0.1, -0.05) is 62.5 Å². The van der Waals surface area contributed by atoms with E-state index in [1.165, 1.54) is 0 Å². The van der Waals surface area contributed by atoms with Crippen molar-refractivity contribution in [1.82, 2.24) is 4.90 Å². The largest absolute Gasteiger partial charge is 0.480 e. The smallest absolute Gasteiger partial charge is 0.320 e. The highest BCUT2D eigenvalue weighted by atomic mass is 79.9. The number of hydrogen-bond donors (Lipinski definition) is 1. The third kappa shape index (κ3) is 3.90. The summed E-state index contributed by atoms with van der Waals surface area (Å²) in [7, 11) is 0. The molecular weight excluding hydrogens is 434 g/mol. The second-order valence-electron chi connectivity index (χ2n) is 6.09. The van der Waals surface area contributed by atoms with E-state index in [1.807, 2.05) is 24.3 Å². The standard InChI is InChI=1S/C19H19Br2NO2/c20-15-8-4-13(5-9-15)18(14-6-10-16(21)11-7-14)22-12-2-1-3-17(22)19(23)24/h4-11,17-18H,1-3,12H2,(H,23,24). The lowest BCUT2D eigenvalue weighted by Crippen LogP contribution is -2.46. The minimum Gasteiger partial charge on any atom is -0.480 e. The maximum Gasteiger partial charge on any atom is 0.320 e. The van der Waals surface area contributed by atoms with Crippen LogP contribution < -0.4 is 0 Å². The lowest BCUT2D eigenvalue weighted by atomic mass is 9.92. The summed E-state index contributed by atoms with van der Waals surface area (Å²) in [4.78, 5) is 13.9. The zero-order valence-corrected chi connectivity index (χ0v) is 16.3. The Hall–Kier alpha value is -1.17. The van der Waals surface area contributed by atoms with E-state index in [9.17, 15) is 9.90 Å². The van der Waals surface area contributed by atoms with Gasteiger partial charge in [0.05, 0.1) is 6.04 Å². The number of carbonyl (C=O) groups is 1. The van der Waals surface area contributed by atoms with Crippen LogP contribution in [0.1, 0.15) is 36.4 Å². The molecule has 3 rings (SSSR count). The van der Waals surface area contributed by atoms with Gasteiger partial charge in [-0.2, -0.15) is 0 Å². The maximum absolute atomic E-state index is 11.8. The molecule has 1 aliphatic rings. The third-order valence-electron chi connectivity index (χ3n) is 4.53. The van der Waals surface area contributed by atoms with Gasteiger partial charge in [-0.25, -0.2) is 0 Å². The van der Waals surface area contributed by atoms with Crippen LogP contribution in [-0.2, 0) is 4.79 Å². The summed E-state index contributed by atoms with van der Waals surface area (Å²) in [6.45, 7) is 0.799. The van der Waals surface area contributed by atoms with Crippen LogP contribution in [0, 0.1) is 0 Å². The average Bonchev–Trinajstić information content (AvgIpc) is 2.59. The van der Waals surface area contributed by atoms with Crippen LogP contribution in [-0.4, -0.2) is 28.6 Å². The number of carboxylic acids is 1. The molecule has 1 unspecified atom stereocenters. The van der Waals surface area contributed by atoms with E-state index < -0.39 is 12.0 Å². The summed E-state index contributed by atoms with van der Waals surface area (Å²) >= 11 is 6.96. The van der Waals surface area contributed by atoms with Crippen LogP contribution in [0.2, 0.25) is 0 Å². The second kappa shape index (κ2) is 7.81. The molecule has 2 aromatic carbocycles. The highest BCUT2D eigenvalue weighted by Gasteiger charge is 2.34. The SMILES string of the molecule is O=C(O)C1CCCCN1C(c1ccc(Br)cc1)c1ccc(Br)cc1. The number of piperidine rings is 1. The minimum absolute atomic E-state index is 0.0485. The predicted molar refractivity (Wildman–Crippen MR) is 102 cm³/mol. The van der Waals surface area contributed by atoms with Gasteiger partial charge >= 0.3 is 5.97 Å². The van der Waals surface area contributed by atoms with Crippen LogP contribution in [0.4, 0.5) is 0 Å². The first-order valence-corrected chi connectivity index (χ1v) is 9.64. The Morgan fingerprint density at radius 2 is 1.46 bits per heavy atom. The van der Waals surface area contributed by atoms with Gasteiger partial charge in [-0.05, 0) is 54.8 Å². The molecule has 0 radical (unpaired) electrons. The van der Waals surface area contributed by atoms with Gasteiger partial charge in [0, 0.05) is 8.95 Å². The number of rotatable bonds is 4. The first-order chi connectivity index (χ1) is 11.6. The summed E-state index contributed by atoms with van der Waals surface area (Å²) in [5.74, 6) is -0.728. The number of likely N-dealkylation sites (tertiary alicyclic amines) is 1. The van der Waals surface area contributed by atoms with Gasteiger partial charge in [0.15, 0.2) is 0 Å². The van der Waals surface area contributed by atoms with E-state index in [2.05, 4.69) is 61.0 Å². The van der Waals surface area contributed by atoms with E-state index in [4.69, 9.17) is 0 Å². The Morgan fingerprint density at radius 1 is 0.958 bits per heavy atom. The van der Waals surface area contributed by atoms with Crippen molar-refractivity contribution >= 4 is 37.8 Å². The molecule has 24 heavy (non-hydrogen) atoms. The van der Waals surface area contributed by atoms with Crippen LogP contribution in [0.15, 0.2) is 57.5 Å². The van der Waals surface area contributed by atoms with Gasteiger partial charge in [0.25, 0.3) is 0 Å². The molecule has 0 aromatic heterocycles. The van der Waals surface area contributed by atoms with Crippen molar-refractivity contribution in [2.75, 3.05) is 6.54 Å². The fraction of sp³-hybridized carbons (Fsp3) is 0.316. The Bertz CT molecular complexity index is 655. The summed E-state index contributed by atoms with van der Waals surface area (Å²) < 4.78 is 2.04. The Balaban J connectivity index is 2.05. The molecule has 1 aliphatic heterocycles. The lowest BCUT2D eigenvalue weighted by molar-refractivity contribution is -0.145. The van der Waals surface area contributed by atoms with Crippen LogP contribution >= 0.6 is 31.9 Å². The molecule has 0 spiro atoms. The van der Waals surface area contributed by atoms with Gasteiger partial charge in [0.2, 0.25) is 0 Å². The van der Waals surface area contributed by atoms with Crippen LogP contribution in [0.25, 0.3) is 0 Å². The van der Waals surface area contributed by atoms with Gasteiger partial charge in [-0.15, -0.1) is 0 Å². The Morgan fingerprint density at radius 3 is 1.92 bits per heavy atom. The van der Waals surface area contributed by atoms with E-state index in [1.54, 1.807) is 0 Å². The van der Waals surface area contributed by atoms with Crippen LogP contribution in [0.3, 0.4) is 0 Å². The van der Waals surface area contributed by atoms with Crippen molar-refractivity contribution in [3.05, 3.63) is 68.6 Å². The molecule has 3 nitrogen and oxygen atoms in total.